The Morgan fingerprint density at radius 2 is 1.67 bits per heavy atom. The first-order chi connectivity index (χ1) is 17.7. The normalized spacial score (nSPS) is 12.9. The van der Waals surface area contributed by atoms with Crippen molar-refractivity contribution >= 4 is 22.4 Å². The summed E-state index contributed by atoms with van der Waals surface area (Å²) in [4.78, 5) is 8.77. The molecule has 7 heteroatoms. The number of nitrogens with zero attached hydrogens (tertiary/aromatic N) is 2. The van der Waals surface area contributed by atoms with E-state index in [0.29, 0.717) is 23.9 Å². The van der Waals surface area contributed by atoms with Crippen molar-refractivity contribution in [2.75, 3.05) is 19.5 Å². The maximum absolute atomic E-state index is 6.09. The first-order valence-electron chi connectivity index (χ1n) is 11.7. The summed E-state index contributed by atoms with van der Waals surface area (Å²) in [7, 11) is 3.21. The van der Waals surface area contributed by atoms with E-state index in [-0.39, 0.29) is 0 Å². The van der Waals surface area contributed by atoms with Gasteiger partial charge in [-0.05, 0) is 48.4 Å². The summed E-state index contributed by atoms with van der Waals surface area (Å²) in [6.07, 6.45) is 7.31. The number of aromatic nitrogens is 2. The van der Waals surface area contributed by atoms with Crippen molar-refractivity contribution in [3.8, 4) is 17.2 Å². The van der Waals surface area contributed by atoms with Gasteiger partial charge in [-0.3, -0.25) is 0 Å². The number of hydrogen-bond donors (Lipinski definition) is 1. The van der Waals surface area contributed by atoms with E-state index in [2.05, 4.69) is 33.5 Å². The van der Waals surface area contributed by atoms with E-state index >= 15 is 0 Å². The SMILES string of the molecule is COc1cc2ncnc(Nc3ccc(OC4=CCCC(OCc5ccccc5)=C4)cc3)c2cc1OC. The zero-order chi connectivity index (χ0) is 24.7. The quantitative estimate of drug-likeness (QED) is 0.291. The van der Waals surface area contributed by atoms with Crippen molar-refractivity contribution in [3.05, 3.63) is 102 Å². The van der Waals surface area contributed by atoms with Crippen LogP contribution < -0.4 is 19.5 Å². The zero-order valence-electron chi connectivity index (χ0n) is 20.2. The summed E-state index contributed by atoms with van der Waals surface area (Å²) >= 11 is 0. The second-order valence-electron chi connectivity index (χ2n) is 8.23. The molecule has 7 nitrogen and oxygen atoms in total. The predicted molar refractivity (Wildman–Crippen MR) is 140 cm³/mol. The van der Waals surface area contributed by atoms with Gasteiger partial charge in [0.2, 0.25) is 0 Å². The van der Waals surface area contributed by atoms with E-state index in [1.54, 1.807) is 14.2 Å². The van der Waals surface area contributed by atoms with Crippen LogP contribution in [0.4, 0.5) is 11.5 Å². The van der Waals surface area contributed by atoms with Crippen molar-refractivity contribution in [1.29, 1.82) is 0 Å². The van der Waals surface area contributed by atoms with Gasteiger partial charge in [0.25, 0.3) is 0 Å². The third-order valence-corrected chi connectivity index (χ3v) is 5.80. The molecule has 0 spiro atoms. The van der Waals surface area contributed by atoms with E-state index in [0.717, 1.165) is 52.3 Å². The molecule has 182 valence electrons. The smallest absolute Gasteiger partial charge is 0.162 e. The molecule has 1 N–H and O–H groups in total. The highest BCUT2D eigenvalue weighted by atomic mass is 16.5. The summed E-state index contributed by atoms with van der Waals surface area (Å²) in [5.41, 5.74) is 2.77. The second-order valence-corrected chi connectivity index (χ2v) is 8.23. The molecule has 0 atom stereocenters. The highest BCUT2D eigenvalue weighted by Gasteiger charge is 2.12. The van der Waals surface area contributed by atoms with Gasteiger partial charge in [-0.1, -0.05) is 30.3 Å². The molecule has 0 aliphatic heterocycles. The molecule has 1 aromatic heterocycles. The molecule has 0 fully saturated rings. The molecule has 36 heavy (non-hydrogen) atoms. The fraction of sp³-hybridized carbons (Fsp3) is 0.172. The topological polar surface area (TPSA) is 74.7 Å². The number of anilines is 2. The van der Waals surface area contributed by atoms with E-state index in [4.69, 9.17) is 18.9 Å². The van der Waals surface area contributed by atoms with Crippen molar-refractivity contribution in [3.63, 3.8) is 0 Å². The first-order valence-corrected chi connectivity index (χ1v) is 11.7. The van der Waals surface area contributed by atoms with E-state index in [9.17, 15) is 0 Å². The molecule has 1 heterocycles. The van der Waals surface area contributed by atoms with Crippen LogP contribution in [0.15, 0.2) is 96.7 Å². The second kappa shape index (κ2) is 10.8. The van der Waals surface area contributed by atoms with Crippen molar-refractivity contribution < 1.29 is 18.9 Å². The minimum atomic E-state index is 0.552. The Labute approximate surface area is 210 Å². The number of methoxy groups -OCH3 is 2. The molecule has 0 saturated heterocycles. The number of nitrogens with one attached hydrogen (secondary N) is 1. The monoisotopic (exact) mass is 481 g/mol. The summed E-state index contributed by atoms with van der Waals surface area (Å²) in [5.74, 6) is 4.37. The van der Waals surface area contributed by atoms with Crippen LogP contribution in [0.1, 0.15) is 18.4 Å². The van der Waals surface area contributed by atoms with Gasteiger partial charge in [0.15, 0.2) is 11.5 Å². The summed E-state index contributed by atoms with van der Waals surface area (Å²) in [6.45, 7) is 0.552. The minimum absolute atomic E-state index is 0.552. The summed E-state index contributed by atoms with van der Waals surface area (Å²) < 4.78 is 22.9. The molecule has 0 bridgehead atoms. The number of fused-ring (bicyclic) bond motifs is 1. The molecule has 0 radical (unpaired) electrons. The Hall–Kier alpha value is -4.52. The number of rotatable bonds is 9. The van der Waals surface area contributed by atoms with Gasteiger partial charge in [0.05, 0.1) is 19.7 Å². The summed E-state index contributed by atoms with van der Waals surface area (Å²) in [5, 5.41) is 4.19. The molecule has 4 aromatic rings. The van der Waals surface area contributed by atoms with Crippen molar-refractivity contribution in [2.45, 2.75) is 19.4 Å². The van der Waals surface area contributed by atoms with Crippen LogP contribution in [0, 0.1) is 0 Å². The van der Waals surface area contributed by atoms with E-state index in [1.165, 1.54) is 6.33 Å². The molecule has 0 unspecified atom stereocenters. The van der Waals surface area contributed by atoms with Gasteiger partial charge < -0.3 is 24.3 Å². The lowest BCUT2D eigenvalue weighted by Crippen LogP contribution is -2.02. The standard InChI is InChI=1S/C29H27N3O4/c1-33-27-16-25-26(17-28(27)34-2)30-19-31-29(25)32-21-11-13-22(14-12-21)36-24-10-6-9-23(15-24)35-18-20-7-4-3-5-8-20/h3-5,7-8,10-17,19H,6,9,18H2,1-2H3,(H,30,31,32). The third-order valence-electron chi connectivity index (χ3n) is 5.80. The molecule has 0 saturated carbocycles. The maximum atomic E-state index is 6.09. The van der Waals surface area contributed by atoms with Crippen LogP contribution in [0.3, 0.4) is 0 Å². The lowest BCUT2D eigenvalue weighted by molar-refractivity contribution is 0.186. The Kier molecular flexibility index (Phi) is 6.98. The minimum Gasteiger partial charge on any atom is -0.493 e. The third kappa shape index (κ3) is 5.41. The van der Waals surface area contributed by atoms with Gasteiger partial charge in [0, 0.05) is 29.6 Å². The Morgan fingerprint density at radius 3 is 2.44 bits per heavy atom. The molecule has 1 aliphatic carbocycles. The maximum Gasteiger partial charge on any atom is 0.162 e. The van der Waals surface area contributed by atoms with Gasteiger partial charge in [-0.2, -0.15) is 0 Å². The highest BCUT2D eigenvalue weighted by molar-refractivity contribution is 5.93. The fourth-order valence-corrected chi connectivity index (χ4v) is 3.94. The molecular formula is C29H27N3O4. The lowest BCUT2D eigenvalue weighted by Gasteiger charge is -2.16. The lowest BCUT2D eigenvalue weighted by atomic mass is 10.1. The Morgan fingerprint density at radius 1 is 0.889 bits per heavy atom. The van der Waals surface area contributed by atoms with Crippen molar-refractivity contribution in [1.82, 2.24) is 9.97 Å². The van der Waals surface area contributed by atoms with E-state index in [1.807, 2.05) is 60.7 Å². The predicted octanol–water partition coefficient (Wildman–Crippen LogP) is 6.55. The number of benzene rings is 3. The average Bonchev–Trinajstić information content (AvgIpc) is 2.93. The van der Waals surface area contributed by atoms with Gasteiger partial charge in [0.1, 0.15) is 36.0 Å². The molecule has 1 aliphatic rings. The Balaban J connectivity index is 1.25. The van der Waals surface area contributed by atoms with Crippen LogP contribution in [0.5, 0.6) is 17.2 Å². The summed E-state index contributed by atoms with van der Waals surface area (Å²) in [6, 6.07) is 21.6. The first kappa shape index (κ1) is 23.2. The van der Waals surface area contributed by atoms with Crippen molar-refractivity contribution in [2.24, 2.45) is 0 Å². The largest absolute Gasteiger partial charge is 0.493 e. The zero-order valence-corrected chi connectivity index (χ0v) is 20.2. The molecular weight excluding hydrogens is 454 g/mol. The van der Waals surface area contributed by atoms with Crippen LogP contribution in [0.25, 0.3) is 10.9 Å². The van der Waals surface area contributed by atoms with E-state index < -0.39 is 0 Å². The van der Waals surface area contributed by atoms with Gasteiger partial charge in [-0.15, -0.1) is 0 Å². The van der Waals surface area contributed by atoms with Gasteiger partial charge in [-0.25, -0.2) is 9.97 Å². The molecule has 5 rings (SSSR count). The average molecular weight is 482 g/mol. The van der Waals surface area contributed by atoms with Crippen LogP contribution in [0.2, 0.25) is 0 Å². The van der Waals surface area contributed by atoms with Gasteiger partial charge >= 0.3 is 0 Å². The van der Waals surface area contributed by atoms with Crippen LogP contribution >= 0.6 is 0 Å². The number of ether oxygens (including phenoxy) is 4. The van der Waals surface area contributed by atoms with Crippen LogP contribution in [-0.2, 0) is 11.3 Å². The molecule has 0 amide bonds. The Bertz CT molecular complexity index is 1400. The highest BCUT2D eigenvalue weighted by Crippen LogP contribution is 2.34. The fourth-order valence-electron chi connectivity index (χ4n) is 3.94. The van der Waals surface area contributed by atoms with Crippen LogP contribution in [-0.4, -0.2) is 24.2 Å². The molecule has 3 aromatic carbocycles. The number of hydrogen-bond acceptors (Lipinski definition) is 7. The number of allylic oxidation sites excluding steroid dienone is 3.